The third-order valence-electron chi connectivity index (χ3n) is 4.62. The number of likely N-dealkylation sites (tertiary alicyclic amines) is 1. The third-order valence-corrected chi connectivity index (χ3v) is 4.62. The Labute approximate surface area is 120 Å². The highest BCUT2D eigenvalue weighted by molar-refractivity contribution is 5.82. The van der Waals surface area contributed by atoms with E-state index in [4.69, 9.17) is 0 Å². The molecule has 2 rings (SSSR count). The second-order valence-electron chi connectivity index (χ2n) is 6.21. The first-order valence-corrected chi connectivity index (χ1v) is 7.84. The van der Waals surface area contributed by atoms with Crippen molar-refractivity contribution in [3.63, 3.8) is 0 Å². The molecule has 1 heterocycles. The van der Waals surface area contributed by atoms with E-state index in [1.807, 2.05) is 7.05 Å². The molecule has 20 heavy (non-hydrogen) atoms. The summed E-state index contributed by atoms with van der Waals surface area (Å²) in [6.45, 7) is 1.34. The number of aliphatic carboxylic acids is 1. The summed E-state index contributed by atoms with van der Waals surface area (Å²) < 4.78 is 0. The molecule has 0 radical (unpaired) electrons. The quantitative estimate of drug-likeness (QED) is 0.865. The summed E-state index contributed by atoms with van der Waals surface area (Å²) in [7, 11) is 1.81. The average Bonchev–Trinajstić information content (AvgIpc) is 2.79. The van der Waals surface area contributed by atoms with E-state index in [2.05, 4.69) is 0 Å². The van der Waals surface area contributed by atoms with Crippen molar-refractivity contribution in [3.05, 3.63) is 0 Å². The summed E-state index contributed by atoms with van der Waals surface area (Å²) in [4.78, 5) is 27.2. The number of carboxylic acid groups (broad SMARTS) is 1. The highest BCUT2D eigenvalue weighted by Crippen LogP contribution is 2.26. The van der Waals surface area contributed by atoms with E-state index in [1.165, 1.54) is 25.7 Å². The summed E-state index contributed by atoms with van der Waals surface area (Å²) in [5.74, 6) is -0.270. The molecule has 5 nitrogen and oxygen atoms in total. The molecule has 0 aromatic heterocycles. The van der Waals surface area contributed by atoms with Crippen molar-refractivity contribution in [2.45, 2.75) is 57.4 Å². The lowest BCUT2D eigenvalue weighted by Gasteiger charge is -2.32. The van der Waals surface area contributed by atoms with E-state index in [-0.39, 0.29) is 6.03 Å². The molecular formula is C15H26N2O3. The molecule has 2 fully saturated rings. The van der Waals surface area contributed by atoms with Gasteiger partial charge in [-0.3, -0.25) is 0 Å². The molecule has 5 heteroatoms. The average molecular weight is 282 g/mol. The van der Waals surface area contributed by atoms with Crippen LogP contribution in [-0.4, -0.2) is 53.1 Å². The van der Waals surface area contributed by atoms with Gasteiger partial charge in [0.2, 0.25) is 0 Å². The first kappa shape index (κ1) is 15.1. The maximum Gasteiger partial charge on any atom is 0.326 e. The molecule has 2 aliphatic rings. The zero-order valence-electron chi connectivity index (χ0n) is 12.4. The molecule has 0 spiro atoms. The van der Waals surface area contributed by atoms with E-state index in [0.717, 1.165) is 25.8 Å². The van der Waals surface area contributed by atoms with Gasteiger partial charge in [-0.1, -0.05) is 25.7 Å². The zero-order valence-corrected chi connectivity index (χ0v) is 12.4. The van der Waals surface area contributed by atoms with Crippen LogP contribution < -0.4 is 0 Å². The largest absolute Gasteiger partial charge is 0.480 e. The minimum absolute atomic E-state index is 0.105. The number of carbonyl (C=O) groups excluding carboxylic acids is 1. The number of nitrogens with zero attached hydrogens (tertiary/aromatic N) is 2. The van der Waals surface area contributed by atoms with Gasteiger partial charge in [0.1, 0.15) is 6.04 Å². The first-order chi connectivity index (χ1) is 9.59. The fraction of sp³-hybridized carbons (Fsp3) is 0.867. The van der Waals surface area contributed by atoms with E-state index >= 15 is 0 Å². The minimum atomic E-state index is -0.866. The number of carbonyl (C=O) groups is 2. The van der Waals surface area contributed by atoms with Crippen LogP contribution in [0.5, 0.6) is 0 Å². The first-order valence-electron chi connectivity index (χ1n) is 7.84. The van der Waals surface area contributed by atoms with Gasteiger partial charge < -0.3 is 14.9 Å². The molecule has 0 aromatic carbocycles. The van der Waals surface area contributed by atoms with E-state index in [0.29, 0.717) is 18.9 Å². The fourth-order valence-electron chi connectivity index (χ4n) is 3.47. The van der Waals surface area contributed by atoms with Crippen LogP contribution in [0.3, 0.4) is 0 Å². The molecule has 1 saturated heterocycles. The smallest absolute Gasteiger partial charge is 0.326 e. The van der Waals surface area contributed by atoms with Crippen LogP contribution in [0.4, 0.5) is 4.79 Å². The van der Waals surface area contributed by atoms with E-state index < -0.39 is 12.0 Å². The Morgan fingerprint density at radius 3 is 2.40 bits per heavy atom. The molecular weight excluding hydrogens is 256 g/mol. The summed E-state index contributed by atoms with van der Waals surface area (Å²) in [5.41, 5.74) is 0. The van der Waals surface area contributed by atoms with Crippen molar-refractivity contribution >= 4 is 12.0 Å². The zero-order chi connectivity index (χ0) is 14.5. The van der Waals surface area contributed by atoms with Gasteiger partial charge in [0, 0.05) is 20.1 Å². The molecule has 2 amide bonds. The Morgan fingerprint density at radius 1 is 1.10 bits per heavy atom. The Balaban J connectivity index is 1.97. The molecule has 1 N–H and O–H groups in total. The Bertz CT molecular complexity index is 353. The predicted molar refractivity (Wildman–Crippen MR) is 76.6 cm³/mol. The summed E-state index contributed by atoms with van der Waals surface area (Å²) in [6.07, 6.45) is 8.31. The number of hydrogen-bond acceptors (Lipinski definition) is 2. The lowest BCUT2D eigenvalue weighted by atomic mass is 10.1. The van der Waals surface area contributed by atoms with Crippen LogP contribution in [0.15, 0.2) is 0 Å². The Kier molecular flexibility index (Phi) is 5.26. The second-order valence-corrected chi connectivity index (χ2v) is 6.21. The fourth-order valence-corrected chi connectivity index (χ4v) is 3.47. The normalized spacial score (nSPS) is 24.4. The summed E-state index contributed by atoms with van der Waals surface area (Å²) >= 11 is 0. The summed E-state index contributed by atoms with van der Waals surface area (Å²) in [6, 6.07) is -0.748. The highest BCUT2D eigenvalue weighted by Gasteiger charge is 2.33. The van der Waals surface area contributed by atoms with E-state index in [1.54, 1.807) is 9.80 Å². The number of rotatable bonds is 3. The van der Waals surface area contributed by atoms with Gasteiger partial charge in [0.25, 0.3) is 0 Å². The molecule has 0 aromatic rings. The van der Waals surface area contributed by atoms with Crippen LogP contribution >= 0.6 is 0 Å². The number of hydrogen-bond donors (Lipinski definition) is 1. The standard InChI is InChI=1S/C15H26N2O3/c1-16(11-12-7-4-5-8-12)15(20)17-10-6-2-3-9-13(17)14(18)19/h12-13H,2-11H2,1H3,(H,18,19). The van der Waals surface area contributed by atoms with Crippen molar-refractivity contribution in [1.29, 1.82) is 0 Å². The lowest BCUT2D eigenvalue weighted by Crippen LogP contribution is -2.50. The molecule has 1 saturated carbocycles. The van der Waals surface area contributed by atoms with Gasteiger partial charge in [-0.2, -0.15) is 0 Å². The molecule has 1 aliphatic heterocycles. The van der Waals surface area contributed by atoms with Crippen molar-refractivity contribution in [2.75, 3.05) is 20.1 Å². The number of urea groups is 1. The topological polar surface area (TPSA) is 60.9 Å². The Hall–Kier alpha value is -1.26. The lowest BCUT2D eigenvalue weighted by molar-refractivity contribution is -0.142. The van der Waals surface area contributed by atoms with Crippen molar-refractivity contribution in [2.24, 2.45) is 5.92 Å². The Morgan fingerprint density at radius 2 is 1.75 bits per heavy atom. The van der Waals surface area contributed by atoms with Crippen LogP contribution in [0, 0.1) is 5.92 Å². The molecule has 1 aliphatic carbocycles. The van der Waals surface area contributed by atoms with Crippen molar-refractivity contribution < 1.29 is 14.7 Å². The van der Waals surface area contributed by atoms with Gasteiger partial charge in [0.15, 0.2) is 0 Å². The highest BCUT2D eigenvalue weighted by atomic mass is 16.4. The monoisotopic (exact) mass is 282 g/mol. The molecule has 1 atom stereocenters. The molecule has 1 unspecified atom stereocenters. The van der Waals surface area contributed by atoms with Gasteiger partial charge in [-0.05, 0) is 31.6 Å². The van der Waals surface area contributed by atoms with Crippen LogP contribution in [0.25, 0.3) is 0 Å². The minimum Gasteiger partial charge on any atom is -0.480 e. The van der Waals surface area contributed by atoms with Gasteiger partial charge in [0.05, 0.1) is 0 Å². The van der Waals surface area contributed by atoms with Crippen LogP contribution in [-0.2, 0) is 4.79 Å². The van der Waals surface area contributed by atoms with Gasteiger partial charge in [-0.25, -0.2) is 9.59 Å². The third kappa shape index (κ3) is 3.64. The van der Waals surface area contributed by atoms with Crippen LogP contribution in [0.1, 0.15) is 51.4 Å². The molecule has 114 valence electrons. The molecule has 0 bridgehead atoms. The van der Waals surface area contributed by atoms with Crippen molar-refractivity contribution in [1.82, 2.24) is 9.80 Å². The second kappa shape index (κ2) is 6.95. The van der Waals surface area contributed by atoms with Gasteiger partial charge >= 0.3 is 12.0 Å². The van der Waals surface area contributed by atoms with Crippen LogP contribution in [0.2, 0.25) is 0 Å². The number of carboxylic acids is 1. The summed E-state index contributed by atoms with van der Waals surface area (Å²) in [5, 5.41) is 9.34. The maximum absolute atomic E-state index is 12.5. The van der Waals surface area contributed by atoms with Gasteiger partial charge in [-0.15, -0.1) is 0 Å². The van der Waals surface area contributed by atoms with E-state index in [9.17, 15) is 14.7 Å². The van der Waals surface area contributed by atoms with Crippen molar-refractivity contribution in [3.8, 4) is 0 Å². The SMILES string of the molecule is CN(CC1CCCC1)C(=O)N1CCCCCC1C(=O)O. The number of amides is 2. The maximum atomic E-state index is 12.5. The predicted octanol–water partition coefficient (Wildman–Crippen LogP) is 2.56.